The number of benzene rings is 1. The maximum absolute atomic E-state index is 12.0. The number of carbonyl (C=O) groups is 1. The van der Waals surface area contributed by atoms with Gasteiger partial charge in [-0.15, -0.1) is 10.2 Å². The van der Waals surface area contributed by atoms with E-state index in [-0.39, 0.29) is 5.91 Å². The van der Waals surface area contributed by atoms with Crippen molar-refractivity contribution in [1.29, 1.82) is 0 Å². The smallest absolute Gasteiger partial charge is 0.253 e. The summed E-state index contributed by atoms with van der Waals surface area (Å²) in [7, 11) is 3.35. The number of methoxy groups -OCH3 is 1. The van der Waals surface area contributed by atoms with Crippen LogP contribution in [0, 0.1) is 0 Å². The predicted molar refractivity (Wildman–Crippen MR) is 69.6 cm³/mol. The van der Waals surface area contributed by atoms with Crippen molar-refractivity contribution in [3.8, 4) is 5.75 Å². The number of ether oxygens (including phenoxy) is 1. The van der Waals surface area contributed by atoms with Crippen LogP contribution in [-0.2, 0) is 13.6 Å². The molecule has 0 spiro atoms. The number of aromatic nitrogens is 3. The van der Waals surface area contributed by atoms with Gasteiger partial charge in [-0.2, -0.15) is 0 Å². The van der Waals surface area contributed by atoms with Crippen LogP contribution in [0.2, 0.25) is 0 Å². The number of aryl methyl sites for hydroxylation is 1. The molecule has 1 aromatic heterocycles. The minimum atomic E-state index is -0.261. The van der Waals surface area contributed by atoms with E-state index < -0.39 is 0 Å². The number of amides is 1. The highest BCUT2D eigenvalue weighted by atomic mass is 16.5. The Morgan fingerprint density at radius 1 is 1.53 bits per heavy atom. The van der Waals surface area contributed by atoms with Crippen LogP contribution in [-0.4, -0.2) is 27.8 Å². The number of carbonyl (C=O) groups excluding carboxylic acids is 1. The molecule has 1 amide bonds. The molecule has 0 saturated heterocycles. The summed E-state index contributed by atoms with van der Waals surface area (Å²) in [6, 6.07) is 4.92. The molecule has 19 heavy (non-hydrogen) atoms. The van der Waals surface area contributed by atoms with Gasteiger partial charge in [-0.3, -0.25) is 4.79 Å². The first-order valence-electron chi connectivity index (χ1n) is 5.66. The van der Waals surface area contributed by atoms with Crippen LogP contribution < -0.4 is 15.8 Å². The summed E-state index contributed by atoms with van der Waals surface area (Å²) in [6.07, 6.45) is 1.57. The first-order chi connectivity index (χ1) is 9.11. The normalized spacial score (nSPS) is 10.2. The Morgan fingerprint density at radius 3 is 2.89 bits per heavy atom. The molecule has 3 N–H and O–H groups in total. The van der Waals surface area contributed by atoms with Crippen molar-refractivity contribution in [2.75, 3.05) is 12.8 Å². The molecular weight excluding hydrogens is 246 g/mol. The molecule has 0 radical (unpaired) electrons. The molecule has 0 saturated carbocycles. The third kappa shape index (κ3) is 2.82. The van der Waals surface area contributed by atoms with Gasteiger partial charge in [-0.1, -0.05) is 0 Å². The van der Waals surface area contributed by atoms with Crippen molar-refractivity contribution in [3.63, 3.8) is 0 Å². The second-order valence-electron chi connectivity index (χ2n) is 3.99. The van der Waals surface area contributed by atoms with Crippen molar-refractivity contribution >= 4 is 11.6 Å². The van der Waals surface area contributed by atoms with Crippen molar-refractivity contribution in [3.05, 3.63) is 35.9 Å². The maximum Gasteiger partial charge on any atom is 0.253 e. The van der Waals surface area contributed by atoms with Crippen LogP contribution >= 0.6 is 0 Å². The fraction of sp³-hybridized carbons (Fsp3) is 0.250. The van der Waals surface area contributed by atoms with Gasteiger partial charge in [0.1, 0.15) is 12.1 Å². The third-order valence-corrected chi connectivity index (χ3v) is 2.72. The molecule has 0 aliphatic rings. The molecule has 0 bridgehead atoms. The van der Waals surface area contributed by atoms with E-state index >= 15 is 0 Å². The van der Waals surface area contributed by atoms with Crippen LogP contribution in [0.1, 0.15) is 16.2 Å². The molecule has 0 atom stereocenters. The van der Waals surface area contributed by atoms with Gasteiger partial charge >= 0.3 is 0 Å². The average Bonchev–Trinajstić information content (AvgIpc) is 2.81. The summed E-state index contributed by atoms with van der Waals surface area (Å²) in [4.78, 5) is 12.0. The lowest BCUT2D eigenvalue weighted by Gasteiger charge is -2.08. The summed E-state index contributed by atoms with van der Waals surface area (Å²) < 4.78 is 6.76. The molecule has 0 aliphatic heterocycles. The Hall–Kier alpha value is -2.57. The minimum absolute atomic E-state index is 0.261. The zero-order chi connectivity index (χ0) is 13.8. The van der Waals surface area contributed by atoms with Gasteiger partial charge in [0.2, 0.25) is 0 Å². The summed E-state index contributed by atoms with van der Waals surface area (Å²) in [5.41, 5.74) is 6.58. The average molecular weight is 261 g/mol. The summed E-state index contributed by atoms with van der Waals surface area (Å²) in [5, 5.41) is 10.3. The van der Waals surface area contributed by atoms with Crippen LogP contribution in [0.25, 0.3) is 0 Å². The van der Waals surface area contributed by atoms with E-state index in [1.165, 1.54) is 0 Å². The molecule has 2 aromatic rings. The van der Waals surface area contributed by atoms with Crippen molar-refractivity contribution in [2.24, 2.45) is 7.05 Å². The van der Waals surface area contributed by atoms with E-state index in [0.29, 0.717) is 29.4 Å². The lowest BCUT2D eigenvalue weighted by molar-refractivity contribution is 0.0950. The number of hydrogen-bond acceptors (Lipinski definition) is 5. The zero-order valence-electron chi connectivity index (χ0n) is 10.8. The molecule has 1 aromatic carbocycles. The Bertz CT molecular complexity index is 594. The van der Waals surface area contributed by atoms with Gasteiger partial charge < -0.3 is 20.4 Å². The Morgan fingerprint density at radius 2 is 2.32 bits per heavy atom. The van der Waals surface area contributed by atoms with E-state index in [4.69, 9.17) is 10.5 Å². The van der Waals surface area contributed by atoms with Gasteiger partial charge in [0.15, 0.2) is 5.82 Å². The van der Waals surface area contributed by atoms with Crippen molar-refractivity contribution < 1.29 is 9.53 Å². The molecule has 1 heterocycles. The molecular formula is C12H15N5O2. The number of nitrogens with zero attached hydrogens (tertiary/aromatic N) is 3. The second kappa shape index (κ2) is 5.38. The van der Waals surface area contributed by atoms with E-state index in [9.17, 15) is 4.79 Å². The quantitative estimate of drug-likeness (QED) is 0.774. The molecule has 7 heteroatoms. The molecule has 7 nitrogen and oxygen atoms in total. The standard InChI is InChI=1S/C12H15N5O2/c1-17-7-15-16-11(17)6-14-12(18)9-4-3-8(19-2)5-10(9)13/h3-5,7H,6,13H2,1-2H3,(H,14,18). The second-order valence-corrected chi connectivity index (χ2v) is 3.99. The van der Waals surface area contributed by atoms with E-state index in [1.807, 2.05) is 7.05 Å². The fourth-order valence-electron chi connectivity index (χ4n) is 1.60. The minimum Gasteiger partial charge on any atom is -0.497 e. The highest BCUT2D eigenvalue weighted by Crippen LogP contribution is 2.19. The van der Waals surface area contributed by atoms with Gasteiger partial charge in [0.05, 0.1) is 19.2 Å². The number of nitrogen functional groups attached to an aromatic ring is 1. The molecule has 0 unspecified atom stereocenters. The van der Waals surface area contributed by atoms with Gasteiger partial charge in [0.25, 0.3) is 5.91 Å². The maximum atomic E-state index is 12.0. The van der Waals surface area contributed by atoms with Gasteiger partial charge in [-0.05, 0) is 12.1 Å². The largest absolute Gasteiger partial charge is 0.497 e. The van der Waals surface area contributed by atoms with E-state index in [2.05, 4.69) is 15.5 Å². The van der Waals surface area contributed by atoms with E-state index in [0.717, 1.165) is 0 Å². The number of anilines is 1. The Labute approximate surface area is 110 Å². The van der Waals surface area contributed by atoms with Crippen LogP contribution in [0.5, 0.6) is 5.75 Å². The monoisotopic (exact) mass is 261 g/mol. The summed E-state index contributed by atoms with van der Waals surface area (Å²) >= 11 is 0. The number of rotatable bonds is 4. The van der Waals surface area contributed by atoms with Gasteiger partial charge in [-0.25, -0.2) is 0 Å². The summed E-state index contributed by atoms with van der Waals surface area (Å²) in [5.74, 6) is 1.02. The SMILES string of the molecule is COc1ccc(C(=O)NCc2nncn2C)c(N)c1. The van der Waals surface area contributed by atoms with Crippen LogP contribution in [0.15, 0.2) is 24.5 Å². The summed E-state index contributed by atoms with van der Waals surface area (Å²) in [6.45, 7) is 0.292. The Balaban J connectivity index is 2.06. The van der Waals surface area contributed by atoms with Crippen LogP contribution in [0.3, 0.4) is 0 Å². The number of nitrogens with one attached hydrogen (secondary N) is 1. The van der Waals surface area contributed by atoms with Gasteiger partial charge in [0, 0.05) is 18.8 Å². The predicted octanol–water partition coefficient (Wildman–Crippen LogP) is 0.336. The molecule has 0 aliphatic carbocycles. The lowest BCUT2D eigenvalue weighted by atomic mass is 10.1. The number of nitrogens with two attached hydrogens (primary N) is 1. The van der Waals surface area contributed by atoms with E-state index in [1.54, 1.807) is 36.2 Å². The first kappa shape index (κ1) is 12.9. The molecule has 2 rings (SSSR count). The number of hydrogen-bond donors (Lipinski definition) is 2. The molecule has 100 valence electrons. The fourth-order valence-corrected chi connectivity index (χ4v) is 1.60. The lowest BCUT2D eigenvalue weighted by Crippen LogP contribution is -2.25. The highest BCUT2D eigenvalue weighted by Gasteiger charge is 2.11. The zero-order valence-corrected chi connectivity index (χ0v) is 10.8. The highest BCUT2D eigenvalue weighted by molar-refractivity contribution is 5.99. The topological polar surface area (TPSA) is 95.1 Å². The van der Waals surface area contributed by atoms with Crippen molar-refractivity contribution in [1.82, 2.24) is 20.1 Å². The third-order valence-electron chi connectivity index (χ3n) is 2.72. The Kier molecular flexibility index (Phi) is 3.65. The van der Waals surface area contributed by atoms with Crippen molar-refractivity contribution in [2.45, 2.75) is 6.54 Å². The molecule has 0 fully saturated rings. The van der Waals surface area contributed by atoms with Crippen LogP contribution in [0.4, 0.5) is 5.69 Å². The first-order valence-corrected chi connectivity index (χ1v) is 5.66.